The second-order valence-electron chi connectivity index (χ2n) is 3.95. The van der Waals surface area contributed by atoms with Crippen LogP contribution in [0.4, 0.5) is 4.79 Å². The van der Waals surface area contributed by atoms with Gasteiger partial charge in [0.15, 0.2) is 0 Å². The van der Waals surface area contributed by atoms with E-state index in [4.69, 9.17) is 9.47 Å². The average Bonchev–Trinajstić information content (AvgIpc) is 2.43. The van der Waals surface area contributed by atoms with Gasteiger partial charge in [-0.3, -0.25) is 9.59 Å². The zero-order valence-electron chi connectivity index (χ0n) is 11.5. The monoisotopic (exact) mass is 279 g/mol. The van der Waals surface area contributed by atoms with Crippen molar-refractivity contribution in [2.75, 3.05) is 13.2 Å². The minimum Gasteiger partial charge on any atom is -0.465 e. The molecular weight excluding hydrogens is 262 g/mol. The van der Waals surface area contributed by atoms with Gasteiger partial charge in [0.25, 0.3) is 0 Å². The van der Waals surface area contributed by atoms with Crippen LogP contribution in [0.1, 0.15) is 19.4 Å². The summed E-state index contributed by atoms with van der Waals surface area (Å²) < 4.78 is 9.68. The molecular formula is C14H17NO5. The third-order valence-electron chi connectivity index (χ3n) is 2.40. The van der Waals surface area contributed by atoms with Crippen LogP contribution in [-0.4, -0.2) is 36.0 Å². The lowest BCUT2D eigenvalue weighted by Crippen LogP contribution is -2.40. The van der Waals surface area contributed by atoms with Crippen molar-refractivity contribution in [2.45, 2.75) is 20.5 Å². The van der Waals surface area contributed by atoms with Crippen LogP contribution in [0.15, 0.2) is 30.3 Å². The Morgan fingerprint density at radius 1 is 1.10 bits per heavy atom. The SMILES string of the molecule is CCOC(=O)CN(C(C)=O)C(=O)OCc1ccccc1. The number of ether oxygens (including phenoxy) is 2. The van der Waals surface area contributed by atoms with Crippen molar-refractivity contribution in [1.29, 1.82) is 0 Å². The second kappa shape index (κ2) is 7.93. The summed E-state index contributed by atoms with van der Waals surface area (Å²) in [6, 6.07) is 9.04. The van der Waals surface area contributed by atoms with Crippen LogP contribution in [0.5, 0.6) is 0 Å². The molecule has 0 unspecified atom stereocenters. The fraction of sp³-hybridized carbons (Fsp3) is 0.357. The molecule has 1 aromatic carbocycles. The Balaban J connectivity index is 2.56. The summed E-state index contributed by atoms with van der Waals surface area (Å²) in [7, 11) is 0. The van der Waals surface area contributed by atoms with E-state index in [0.29, 0.717) is 4.90 Å². The summed E-state index contributed by atoms with van der Waals surface area (Å²) in [6.45, 7) is 2.60. The Kier molecular flexibility index (Phi) is 6.22. The van der Waals surface area contributed by atoms with Gasteiger partial charge in [-0.25, -0.2) is 9.69 Å². The molecule has 0 aromatic heterocycles. The van der Waals surface area contributed by atoms with Crippen molar-refractivity contribution >= 4 is 18.0 Å². The van der Waals surface area contributed by atoms with Crippen LogP contribution in [-0.2, 0) is 25.7 Å². The van der Waals surface area contributed by atoms with Crippen LogP contribution in [0.3, 0.4) is 0 Å². The molecule has 0 N–H and O–H groups in total. The molecule has 6 nitrogen and oxygen atoms in total. The second-order valence-corrected chi connectivity index (χ2v) is 3.95. The quantitative estimate of drug-likeness (QED) is 0.767. The number of carbonyl (C=O) groups is 3. The van der Waals surface area contributed by atoms with Gasteiger partial charge in [0, 0.05) is 6.92 Å². The van der Waals surface area contributed by atoms with E-state index in [-0.39, 0.29) is 13.2 Å². The number of carbonyl (C=O) groups excluding carboxylic acids is 3. The largest absolute Gasteiger partial charge is 0.465 e. The summed E-state index contributed by atoms with van der Waals surface area (Å²) in [5, 5.41) is 0. The summed E-state index contributed by atoms with van der Waals surface area (Å²) in [5.41, 5.74) is 0.792. The summed E-state index contributed by atoms with van der Waals surface area (Å²) >= 11 is 0. The van der Waals surface area contributed by atoms with Crippen LogP contribution < -0.4 is 0 Å². The van der Waals surface area contributed by atoms with Crippen molar-refractivity contribution in [1.82, 2.24) is 4.90 Å². The Bertz CT molecular complexity index is 472. The third kappa shape index (κ3) is 5.09. The van der Waals surface area contributed by atoms with Crippen molar-refractivity contribution in [3.8, 4) is 0 Å². The molecule has 2 amide bonds. The molecule has 0 spiro atoms. The fourth-order valence-corrected chi connectivity index (χ4v) is 1.44. The lowest BCUT2D eigenvalue weighted by molar-refractivity contribution is -0.147. The first-order valence-electron chi connectivity index (χ1n) is 6.19. The molecule has 1 rings (SSSR count). The first-order valence-corrected chi connectivity index (χ1v) is 6.19. The molecule has 0 fully saturated rings. The fourth-order valence-electron chi connectivity index (χ4n) is 1.44. The van der Waals surface area contributed by atoms with E-state index in [9.17, 15) is 14.4 Å². The molecule has 6 heteroatoms. The predicted octanol–water partition coefficient (Wildman–Crippen LogP) is 1.73. The molecule has 0 saturated carbocycles. The van der Waals surface area contributed by atoms with E-state index in [2.05, 4.69) is 0 Å². The molecule has 20 heavy (non-hydrogen) atoms. The van der Waals surface area contributed by atoms with Gasteiger partial charge in [-0.15, -0.1) is 0 Å². The maximum absolute atomic E-state index is 11.8. The summed E-state index contributed by atoms with van der Waals surface area (Å²) in [6.07, 6.45) is -0.866. The Morgan fingerprint density at radius 2 is 1.75 bits per heavy atom. The Labute approximate surface area is 117 Å². The molecule has 0 saturated heterocycles. The maximum atomic E-state index is 11.8. The summed E-state index contributed by atoms with van der Waals surface area (Å²) in [5.74, 6) is -1.23. The van der Waals surface area contributed by atoms with E-state index in [1.165, 1.54) is 6.92 Å². The average molecular weight is 279 g/mol. The smallest absolute Gasteiger partial charge is 0.417 e. The van der Waals surface area contributed by atoms with Crippen molar-refractivity contribution < 1.29 is 23.9 Å². The van der Waals surface area contributed by atoms with Crippen LogP contribution in [0, 0.1) is 0 Å². The zero-order chi connectivity index (χ0) is 15.0. The highest BCUT2D eigenvalue weighted by Gasteiger charge is 2.23. The van der Waals surface area contributed by atoms with Crippen LogP contribution >= 0.6 is 0 Å². The lowest BCUT2D eigenvalue weighted by Gasteiger charge is -2.17. The minimum absolute atomic E-state index is 0.0340. The number of hydrogen-bond acceptors (Lipinski definition) is 5. The highest BCUT2D eigenvalue weighted by atomic mass is 16.6. The van der Waals surface area contributed by atoms with E-state index >= 15 is 0 Å². The van der Waals surface area contributed by atoms with Gasteiger partial charge < -0.3 is 9.47 Å². The standard InChI is InChI=1S/C14H17NO5/c1-3-19-13(17)9-15(11(2)16)14(18)20-10-12-7-5-4-6-8-12/h4-8H,3,9-10H2,1-2H3. The van der Waals surface area contributed by atoms with Crippen molar-refractivity contribution in [2.24, 2.45) is 0 Å². The number of benzene rings is 1. The van der Waals surface area contributed by atoms with Crippen molar-refractivity contribution in [3.63, 3.8) is 0 Å². The number of nitrogens with zero attached hydrogens (tertiary/aromatic N) is 1. The molecule has 1 aromatic rings. The van der Waals surface area contributed by atoms with Gasteiger partial charge >= 0.3 is 12.1 Å². The number of imide groups is 1. The first-order chi connectivity index (χ1) is 9.54. The van der Waals surface area contributed by atoms with Gasteiger partial charge in [0.05, 0.1) is 6.61 Å². The van der Waals surface area contributed by atoms with Gasteiger partial charge in [-0.05, 0) is 12.5 Å². The minimum atomic E-state index is -0.866. The summed E-state index contributed by atoms with van der Waals surface area (Å²) in [4.78, 5) is 35.1. The van der Waals surface area contributed by atoms with Crippen LogP contribution in [0.2, 0.25) is 0 Å². The predicted molar refractivity (Wildman–Crippen MR) is 70.6 cm³/mol. The number of hydrogen-bond donors (Lipinski definition) is 0. The number of amides is 2. The Morgan fingerprint density at radius 3 is 2.30 bits per heavy atom. The molecule has 0 bridgehead atoms. The van der Waals surface area contributed by atoms with Gasteiger partial charge in [-0.2, -0.15) is 0 Å². The van der Waals surface area contributed by atoms with E-state index in [1.807, 2.05) is 18.2 Å². The maximum Gasteiger partial charge on any atom is 0.417 e. The molecule has 108 valence electrons. The topological polar surface area (TPSA) is 72.9 Å². The lowest BCUT2D eigenvalue weighted by atomic mass is 10.2. The van der Waals surface area contributed by atoms with E-state index < -0.39 is 24.5 Å². The normalized spacial score (nSPS) is 9.70. The molecule has 0 aliphatic heterocycles. The van der Waals surface area contributed by atoms with Gasteiger partial charge in [0.1, 0.15) is 13.2 Å². The van der Waals surface area contributed by atoms with Gasteiger partial charge in [-0.1, -0.05) is 30.3 Å². The van der Waals surface area contributed by atoms with E-state index in [0.717, 1.165) is 5.56 Å². The Hall–Kier alpha value is -2.37. The molecule has 0 radical (unpaired) electrons. The first kappa shape index (κ1) is 15.7. The molecule has 0 heterocycles. The molecule has 0 aliphatic carbocycles. The van der Waals surface area contributed by atoms with E-state index in [1.54, 1.807) is 19.1 Å². The van der Waals surface area contributed by atoms with Gasteiger partial charge in [0.2, 0.25) is 5.91 Å². The number of rotatable bonds is 5. The van der Waals surface area contributed by atoms with Crippen LogP contribution in [0.25, 0.3) is 0 Å². The number of esters is 1. The zero-order valence-corrected chi connectivity index (χ0v) is 11.5. The highest BCUT2D eigenvalue weighted by molar-refractivity contribution is 5.94. The van der Waals surface area contributed by atoms with Crippen molar-refractivity contribution in [3.05, 3.63) is 35.9 Å². The third-order valence-corrected chi connectivity index (χ3v) is 2.40. The molecule has 0 aliphatic rings. The molecule has 0 atom stereocenters. The highest BCUT2D eigenvalue weighted by Crippen LogP contribution is 2.04.